The maximum atomic E-state index is 12.6. The van der Waals surface area contributed by atoms with E-state index in [2.05, 4.69) is 10.1 Å². The van der Waals surface area contributed by atoms with Crippen molar-refractivity contribution in [3.05, 3.63) is 57.1 Å². The maximum Gasteiger partial charge on any atom is 0.280 e. The Morgan fingerprint density at radius 2 is 1.83 bits per heavy atom. The van der Waals surface area contributed by atoms with E-state index < -0.39 is 0 Å². The summed E-state index contributed by atoms with van der Waals surface area (Å²) in [6.07, 6.45) is 7.25. The minimum absolute atomic E-state index is 0. The van der Waals surface area contributed by atoms with E-state index in [0.29, 0.717) is 10.4 Å². The van der Waals surface area contributed by atoms with Gasteiger partial charge in [-0.25, -0.2) is 4.68 Å². The molecular weight excluding hydrogens is 333 g/mol. The van der Waals surface area contributed by atoms with E-state index in [1.54, 1.807) is 23.0 Å². The number of fused-ring (bicyclic) bond motifs is 3. The molecule has 0 atom stereocenters. The molecule has 0 fully saturated rings. The number of nitrogens with zero attached hydrogens (tertiary/aromatic N) is 2. The molecule has 0 bridgehead atoms. The molecule has 0 saturated carbocycles. The fourth-order valence-electron chi connectivity index (χ4n) is 3.19. The maximum absolute atomic E-state index is 12.6. The van der Waals surface area contributed by atoms with E-state index in [0.717, 1.165) is 36.2 Å². The van der Waals surface area contributed by atoms with Crippen LogP contribution in [0.4, 0.5) is 0 Å². The van der Waals surface area contributed by atoms with Crippen LogP contribution in [-0.4, -0.2) is 14.8 Å². The lowest BCUT2D eigenvalue weighted by Crippen LogP contribution is -2.14. The largest absolute Gasteiger partial charge is 0.290 e. The number of H-pyrrole nitrogens is 1. The standard InChI is InChI=1S/C17H16ClN3O.ClH/c18-11-6-8-12(9-7-11)21-17(22)14-10-19-15-5-3-1-2-4-13(15)16(14)20-21;/h6-10,20H,1-5H2;1H. The number of aromatic amines is 1. The molecule has 1 aromatic carbocycles. The highest BCUT2D eigenvalue weighted by Crippen LogP contribution is 2.25. The quantitative estimate of drug-likeness (QED) is 0.673. The average molecular weight is 350 g/mol. The summed E-state index contributed by atoms with van der Waals surface area (Å²) in [5.74, 6) is 0. The van der Waals surface area contributed by atoms with Crippen molar-refractivity contribution in [2.45, 2.75) is 32.1 Å². The zero-order valence-corrected chi connectivity index (χ0v) is 14.1. The summed E-state index contributed by atoms with van der Waals surface area (Å²) in [6.45, 7) is 0. The van der Waals surface area contributed by atoms with Gasteiger partial charge >= 0.3 is 0 Å². The van der Waals surface area contributed by atoms with Crippen molar-refractivity contribution in [2.24, 2.45) is 0 Å². The second-order valence-corrected chi connectivity index (χ2v) is 6.20. The predicted octanol–water partition coefficient (Wildman–Crippen LogP) is 4.06. The van der Waals surface area contributed by atoms with E-state index in [-0.39, 0.29) is 18.0 Å². The van der Waals surface area contributed by atoms with Crippen LogP contribution in [0.2, 0.25) is 5.02 Å². The zero-order chi connectivity index (χ0) is 15.1. The van der Waals surface area contributed by atoms with Gasteiger partial charge in [0, 0.05) is 16.9 Å². The second-order valence-electron chi connectivity index (χ2n) is 5.76. The third-order valence-corrected chi connectivity index (χ3v) is 4.60. The Balaban J connectivity index is 0.00000156. The van der Waals surface area contributed by atoms with E-state index in [1.807, 2.05) is 12.1 Å². The highest BCUT2D eigenvalue weighted by Gasteiger charge is 2.17. The molecule has 1 aliphatic rings. The summed E-state index contributed by atoms with van der Waals surface area (Å²) < 4.78 is 1.58. The van der Waals surface area contributed by atoms with Gasteiger partial charge in [0.25, 0.3) is 5.56 Å². The summed E-state index contributed by atoms with van der Waals surface area (Å²) in [7, 11) is 0. The lowest BCUT2D eigenvalue weighted by Gasteiger charge is -2.05. The van der Waals surface area contributed by atoms with Gasteiger partial charge in [0.05, 0.1) is 16.6 Å². The first-order chi connectivity index (χ1) is 10.7. The molecule has 2 aromatic heterocycles. The van der Waals surface area contributed by atoms with Crippen LogP contribution in [-0.2, 0) is 12.8 Å². The van der Waals surface area contributed by atoms with Crippen LogP contribution in [0.15, 0.2) is 35.3 Å². The Kier molecular flexibility index (Phi) is 4.46. The van der Waals surface area contributed by atoms with Gasteiger partial charge in [-0.2, -0.15) is 0 Å². The zero-order valence-electron chi connectivity index (χ0n) is 12.5. The minimum Gasteiger partial charge on any atom is -0.290 e. The summed E-state index contributed by atoms with van der Waals surface area (Å²) >= 11 is 5.92. The number of benzene rings is 1. The Bertz CT molecular complexity index is 897. The molecule has 120 valence electrons. The molecule has 1 N–H and O–H groups in total. The molecule has 0 unspecified atom stereocenters. The molecule has 1 aliphatic carbocycles. The molecule has 6 heteroatoms. The van der Waals surface area contributed by atoms with E-state index in [4.69, 9.17) is 11.6 Å². The first-order valence-electron chi connectivity index (χ1n) is 7.61. The molecule has 0 saturated heterocycles. The summed E-state index contributed by atoms with van der Waals surface area (Å²) in [6, 6.07) is 7.25. The third kappa shape index (κ3) is 2.77. The highest BCUT2D eigenvalue weighted by atomic mass is 35.5. The van der Waals surface area contributed by atoms with Gasteiger partial charge < -0.3 is 0 Å². The van der Waals surface area contributed by atoms with E-state index >= 15 is 0 Å². The van der Waals surface area contributed by atoms with Crippen LogP contribution >= 0.6 is 24.0 Å². The topological polar surface area (TPSA) is 50.7 Å². The van der Waals surface area contributed by atoms with Crippen LogP contribution in [0.1, 0.15) is 30.5 Å². The van der Waals surface area contributed by atoms with Crippen molar-refractivity contribution in [3.8, 4) is 5.69 Å². The lowest BCUT2D eigenvalue weighted by molar-refractivity contribution is 0.708. The smallest absolute Gasteiger partial charge is 0.280 e. The van der Waals surface area contributed by atoms with Crippen LogP contribution in [0.3, 0.4) is 0 Å². The molecule has 0 radical (unpaired) electrons. The number of aryl methyl sites for hydroxylation is 2. The van der Waals surface area contributed by atoms with Crippen LogP contribution < -0.4 is 5.56 Å². The molecule has 4 nitrogen and oxygen atoms in total. The number of nitrogens with one attached hydrogen (secondary N) is 1. The van der Waals surface area contributed by atoms with E-state index in [9.17, 15) is 4.79 Å². The molecule has 0 amide bonds. The summed E-state index contributed by atoms with van der Waals surface area (Å²) in [5.41, 5.74) is 4.01. The second kappa shape index (κ2) is 6.38. The number of halogens is 2. The number of hydrogen-bond acceptors (Lipinski definition) is 2. The van der Waals surface area contributed by atoms with Crippen molar-refractivity contribution >= 4 is 34.9 Å². The Morgan fingerprint density at radius 3 is 2.61 bits per heavy atom. The molecule has 3 aromatic rings. The first kappa shape index (κ1) is 16.1. The third-order valence-electron chi connectivity index (χ3n) is 4.35. The lowest BCUT2D eigenvalue weighted by atomic mass is 10.1. The fourth-order valence-corrected chi connectivity index (χ4v) is 3.32. The Morgan fingerprint density at radius 1 is 1.09 bits per heavy atom. The SMILES string of the molecule is Cl.O=c1c2cnc3c(c2[nH]n1-c1ccc(Cl)cc1)CCCCC3. The van der Waals surface area contributed by atoms with Crippen LogP contribution in [0, 0.1) is 0 Å². The van der Waals surface area contributed by atoms with Crippen molar-refractivity contribution in [3.63, 3.8) is 0 Å². The normalized spacial score (nSPS) is 14.1. The number of pyridine rings is 1. The van der Waals surface area contributed by atoms with Crippen molar-refractivity contribution < 1.29 is 0 Å². The highest BCUT2D eigenvalue weighted by molar-refractivity contribution is 6.30. The van der Waals surface area contributed by atoms with Gasteiger partial charge in [0.15, 0.2) is 0 Å². The van der Waals surface area contributed by atoms with Gasteiger partial charge in [0.2, 0.25) is 0 Å². The minimum atomic E-state index is -0.0585. The van der Waals surface area contributed by atoms with Crippen molar-refractivity contribution in [1.29, 1.82) is 0 Å². The van der Waals surface area contributed by atoms with Crippen molar-refractivity contribution in [2.75, 3.05) is 0 Å². The van der Waals surface area contributed by atoms with Crippen LogP contribution in [0.5, 0.6) is 0 Å². The average Bonchev–Trinajstić information content (AvgIpc) is 2.73. The van der Waals surface area contributed by atoms with Gasteiger partial charge in [-0.05, 0) is 55.5 Å². The van der Waals surface area contributed by atoms with Gasteiger partial charge in [-0.15, -0.1) is 12.4 Å². The molecule has 4 rings (SSSR count). The van der Waals surface area contributed by atoms with E-state index in [1.165, 1.54) is 18.4 Å². The van der Waals surface area contributed by atoms with Gasteiger partial charge in [0.1, 0.15) is 0 Å². The first-order valence-corrected chi connectivity index (χ1v) is 7.99. The summed E-state index contributed by atoms with van der Waals surface area (Å²) in [5, 5.41) is 4.60. The van der Waals surface area contributed by atoms with Gasteiger partial charge in [-0.3, -0.25) is 14.9 Å². The number of aromatic nitrogens is 3. The molecule has 0 spiro atoms. The van der Waals surface area contributed by atoms with Crippen molar-refractivity contribution in [1.82, 2.24) is 14.8 Å². The number of rotatable bonds is 1. The molecule has 2 heterocycles. The fraction of sp³-hybridized carbons (Fsp3) is 0.294. The molecule has 0 aliphatic heterocycles. The number of hydrogen-bond donors (Lipinski definition) is 1. The Hall–Kier alpha value is -1.78. The van der Waals surface area contributed by atoms with Crippen LogP contribution in [0.25, 0.3) is 16.6 Å². The molecule has 23 heavy (non-hydrogen) atoms. The summed E-state index contributed by atoms with van der Waals surface area (Å²) in [4.78, 5) is 17.2. The van der Waals surface area contributed by atoms with Gasteiger partial charge in [-0.1, -0.05) is 18.0 Å². The molecular formula is C17H17Cl2N3O. The monoisotopic (exact) mass is 349 g/mol. The Labute approximate surface area is 144 Å². The predicted molar refractivity (Wildman–Crippen MR) is 95.2 cm³/mol.